The van der Waals surface area contributed by atoms with E-state index in [-0.39, 0.29) is 0 Å². The lowest BCUT2D eigenvalue weighted by molar-refractivity contribution is 0.0918. The molecule has 3 nitrogen and oxygen atoms in total. The summed E-state index contributed by atoms with van der Waals surface area (Å²) in [7, 11) is 2.26. The highest BCUT2D eigenvalue weighted by Crippen LogP contribution is 2.21. The molecule has 0 aliphatic carbocycles. The minimum Gasteiger partial charge on any atom is -0.313 e. The number of piperidine rings is 1. The zero-order chi connectivity index (χ0) is 12.3. The normalized spacial score (nSPS) is 37.9. The highest BCUT2D eigenvalue weighted by Gasteiger charge is 2.28. The van der Waals surface area contributed by atoms with Gasteiger partial charge < -0.3 is 10.2 Å². The molecule has 17 heavy (non-hydrogen) atoms. The largest absolute Gasteiger partial charge is 0.313 e. The molecule has 0 aromatic carbocycles. The molecular formula is C14H29N3. The topological polar surface area (TPSA) is 18.5 Å². The van der Waals surface area contributed by atoms with Crippen LogP contribution in [0.1, 0.15) is 39.5 Å². The summed E-state index contributed by atoms with van der Waals surface area (Å²) in [5.74, 6) is 0. The molecule has 0 spiro atoms. The van der Waals surface area contributed by atoms with Gasteiger partial charge >= 0.3 is 0 Å². The van der Waals surface area contributed by atoms with Crippen LogP contribution in [0.4, 0.5) is 0 Å². The Morgan fingerprint density at radius 1 is 1.18 bits per heavy atom. The number of hydrogen-bond donors (Lipinski definition) is 1. The fraction of sp³-hybridized carbons (Fsp3) is 1.00. The van der Waals surface area contributed by atoms with Crippen molar-refractivity contribution in [3.8, 4) is 0 Å². The third-order valence-electron chi connectivity index (χ3n) is 4.79. The second kappa shape index (κ2) is 6.17. The molecule has 3 atom stereocenters. The number of hydrogen-bond acceptors (Lipinski definition) is 3. The van der Waals surface area contributed by atoms with Gasteiger partial charge in [0.1, 0.15) is 0 Å². The smallest absolute Gasteiger partial charge is 0.0123 e. The lowest BCUT2D eigenvalue weighted by Crippen LogP contribution is -2.48. The molecule has 3 unspecified atom stereocenters. The van der Waals surface area contributed by atoms with Gasteiger partial charge in [-0.15, -0.1) is 0 Å². The van der Waals surface area contributed by atoms with Gasteiger partial charge in [-0.25, -0.2) is 0 Å². The van der Waals surface area contributed by atoms with Gasteiger partial charge in [-0.05, 0) is 52.7 Å². The average Bonchev–Trinajstić information content (AvgIpc) is 2.58. The number of nitrogens with zero attached hydrogens (tertiary/aromatic N) is 2. The molecule has 0 bridgehead atoms. The second-order valence-electron chi connectivity index (χ2n) is 5.89. The summed E-state index contributed by atoms with van der Waals surface area (Å²) >= 11 is 0. The Hall–Kier alpha value is -0.120. The van der Waals surface area contributed by atoms with Gasteiger partial charge in [0.05, 0.1) is 0 Å². The standard InChI is InChI=1S/C14H29N3/c1-4-13-5-9-17(10-7-15-13)14-6-8-16(3)12(2)11-14/h12-15H,4-11H2,1-3H3. The quantitative estimate of drug-likeness (QED) is 0.788. The van der Waals surface area contributed by atoms with Crippen LogP contribution in [-0.2, 0) is 0 Å². The maximum atomic E-state index is 3.67. The van der Waals surface area contributed by atoms with Crippen molar-refractivity contribution < 1.29 is 0 Å². The third-order valence-corrected chi connectivity index (χ3v) is 4.79. The SMILES string of the molecule is CCC1CCN(C2CCN(C)C(C)C2)CCN1. The van der Waals surface area contributed by atoms with Crippen LogP contribution < -0.4 is 5.32 Å². The first-order chi connectivity index (χ1) is 8.20. The van der Waals surface area contributed by atoms with Crippen molar-refractivity contribution in [1.29, 1.82) is 0 Å². The van der Waals surface area contributed by atoms with Crippen molar-refractivity contribution in [2.45, 2.75) is 57.7 Å². The van der Waals surface area contributed by atoms with Crippen molar-refractivity contribution in [2.75, 3.05) is 33.2 Å². The molecule has 2 fully saturated rings. The van der Waals surface area contributed by atoms with E-state index in [0.29, 0.717) is 0 Å². The Bertz CT molecular complexity index is 232. The van der Waals surface area contributed by atoms with Crippen LogP contribution in [0.5, 0.6) is 0 Å². The Kier molecular flexibility index (Phi) is 4.83. The molecule has 2 rings (SSSR count). The zero-order valence-corrected chi connectivity index (χ0v) is 11.8. The summed E-state index contributed by atoms with van der Waals surface area (Å²) in [6, 6.07) is 2.34. The van der Waals surface area contributed by atoms with E-state index in [1.54, 1.807) is 0 Å². The summed E-state index contributed by atoms with van der Waals surface area (Å²) in [5, 5.41) is 3.67. The van der Waals surface area contributed by atoms with E-state index >= 15 is 0 Å². The molecule has 2 aliphatic heterocycles. The molecular weight excluding hydrogens is 210 g/mol. The lowest BCUT2D eigenvalue weighted by atomic mass is 9.97. The van der Waals surface area contributed by atoms with Gasteiger partial charge in [-0.1, -0.05) is 6.92 Å². The van der Waals surface area contributed by atoms with Gasteiger partial charge in [0.2, 0.25) is 0 Å². The van der Waals surface area contributed by atoms with E-state index in [4.69, 9.17) is 0 Å². The van der Waals surface area contributed by atoms with Gasteiger partial charge in [0, 0.05) is 31.2 Å². The first kappa shape index (κ1) is 13.3. The zero-order valence-electron chi connectivity index (χ0n) is 11.8. The van der Waals surface area contributed by atoms with Gasteiger partial charge in [-0.2, -0.15) is 0 Å². The first-order valence-electron chi connectivity index (χ1n) is 7.38. The molecule has 0 aromatic rings. The van der Waals surface area contributed by atoms with Crippen molar-refractivity contribution in [2.24, 2.45) is 0 Å². The van der Waals surface area contributed by atoms with Crippen LogP contribution in [0.25, 0.3) is 0 Å². The maximum absolute atomic E-state index is 3.67. The van der Waals surface area contributed by atoms with E-state index in [9.17, 15) is 0 Å². The summed E-state index contributed by atoms with van der Waals surface area (Å²) in [6.07, 6.45) is 5.32. The van der Waals surface area contributed by atoms with Crippen LogP contribution in [0.15, 0.2) is 0 Å². The fourth-order valence-electron chi connectivity index (χ4n) is 3.26. The summed E-state index contributed by atoms with van der Waals surface area (Å²) in [4.78, 5) is 5.24. The van der Waals surface area contributed by atoms with E-state index in [2.05, 4.69) is 36.0 Å². The van der Waals surface area contributed by atoms with Gasteiger partial charge in [0.25, 0.3) is 0 Å². The van der Waals surface area contributed by atoms with Gasteiger partial charge in [0.15, 0.2) is 0 Å². The summed E-state index contributed by atoms with van der Waals surface area (Å²) in [5.41, 5.74) is 0. The Morgan fingerprint density at radius 3 is 2.71 bits per heavy atom. The number of nitrogens with one attached hydrogen (secondary N) is 1. The predicted octanol–water partition coefficient (Wildman–Crippen LogP) is 1.54. The predicted molar refractivity (Wildman–Crippen MR) is 73.4 cm³/mol. The molecule has 2 aliphatic rings. The Labute approximate surface area is 107 Å². The maximum Gasteiger partial charge on any atom is 0.0123 e. The Morgan fingerprint density at radius 2 is 2.00 bits per heavy atom. The average molecular weight is 239 g/mol. The lowest BCUT2D eigenvalue weighted by Gasteiger charge is -2.40. The third kappa shape index (κ3) is 3.43. The molecule has 1 N–H and O–H groups in total. The summed E-state index contributed by atoms with van der Waals surface area (Å²) in [6.45, 7) is 9.67. The minimum atomic E-state index is 0.753. The highest BCUT2D eigenvalue weighted by molar-refractivity contribution is 4.85. The fourth-order valence-corrected chi connectivity index (χ4v) is 3.26. The number of rotatable bonds is 2. The van der Waals surface area contributed by atoms with Crippen LogP contribution in [0, 0.1) is 0 Å². The van der Waals surface area contributed by atoms with Crippen molar-refractivity contribution >= 4 is 0 Å². The number of likely N-dealkylation sites (tertiary alicyclic amines) is 1. The molecule has 2 saturated heterocycles. The molecule has 100 valence electrons. The highest BCUT2D eigenvalue weighted by atomic mass is 15.2. The summed E-state index contributed by atoms with van der Waals surface area (Å²) < 4.78 is 0. The Balaban J connectivity index is 1.85. The van der Waals surface area contributed by atoms with Crippen LogP contribution in [0.2, 0.25) is 0 Å². The van der Waals surface area contributed by atoms with E-state index in [0.717, 1.165) is 18.1 Å². The second-order valence-corrected chi connectivity index (χ2v) is 5.89. The van der Waals surface area contributed by atoms with E-state index < -0.39 is 0 Å². The van der Waals surface area contributed by atoms with Crippen molar-refractivity contribution in [1.82, 2.24) is 15.1 Å². The monoisotopic (exact) mass is 239 g/mol. The van der Waals surface area contributed by atoms with E-state index in [1.165, 1.54) is 51.9 Å². The van der Waals surface area contributed by atoms with Gasteiger partial charge in [-0.3, -0.25) is 4.90 Å². The first-order valence-corrected chi connectivity index (χ1v) is 7.38. The van der Waals surface area contributed by atoms with Crippen LogP contribution >= 0.6 is 0 Å². The molecule has 0 saturated carbocycles. The molecule has 0 aromatic heterocycles. The molecule has 2 heterocycles. The van der Waals surface area contributed by atoms with E-state index in [1.807, 2.05) is 0 Å². The van der Waals surface area contributed by atoms with Crippen molar-refractivity contribution in [3.05, 3.63) is 0 Å². The molecule has 3 heteroatoms. The minimum absolute atomic E-state index is 0.753. The van der Waals surface area contributed by atoms with Crippen LogP contribution in [-0.4, -0.2) is 61.2 Å². The molecule has 0 amide bonds. The van der Waals surface area contributed by atoms with Crippen molar-refractivity contribution in [3.63, 3.8) is 0 Å². The van der Waals surface area contributed by atoms with Crippen LogP contribution in [0.3, 0.4) is 0 Å². The molecule has 0 radical (unpaired) electrons.